The number of carbonyl (C=O) groups is 2. The third kappa shape index (κ3) is 3.35. The molecule has 1 saturated heterocycles. The van der Waals surface area contributed by atoms with Crippen molar-refractivity contribution in [3.8, 4) is 5.69 Å². The Hall–Kier alpha value is -2.67. The highest BCUT2D eigenvalue weighted by atomic mass is 16.5. The fourth-order valence-electron chi connectivity index (χ4n) is 3.41. The van der Waals surface area contributed by atoms with E-state index < -0.39 is 24.0 Å². The molecule has 1 amide bonds. The van der Waals surface area contributed by atoms with Crippen molar-refractivity contribution in [1.29, 1.82) is 0 Å². The maximum Gasteiger partial charge on any atom is 0.325 e. The van der Waals surface area contributed by atoms with Crippen molar-refractivity contribution in [1.82, 2.24) is 15.1 Å². The molecule has 2 N–H and O–H groups in total. The molecule has 1 fully saturated rings. The molecule has 7 heteroatoms. The number of ether oxygens (including phenoxy) is 1. The predicted molar refractivity (Wildman–Crippen MR) is 95.1 cm³/mol. The van der Waals surface area contributed by atoms with Gasteiger partial charge >= 0.3 is 5.97 Å². The largest absolute Gasteiger partial charge is 0.480 e. The molecule has 1 aromatic carbocycles. The minimum Gasteiger partial charge on any atom is -0.480 e. The van der Waals surface area contributed by atoms with E-state index >= 15 is 0 Å². The van der Waals surface area contributed by atoms with Crippen LogP contribution < -0.4 is 5.32 Å². The van der Waals surface area contributed by atoms with Crippen LogP contribution in [-0.4, -0.2) is 39.4 Å². The van der Waals surface area contributed by atoms with Crippen LogP contribution in [-0.2, 0) is 14.3 Å². The number of amides is 1. The minimum absolute atomic E-state index is 0.298. The number of hydrogen-bond acceptors (Lipinski definition) is 4. The number of carboxylic acids is 1. The van der Waals surface area contributed by atoms with Gasteiger partial charge in [0.2, 0.25) is 5.91 Å². The highest BCUT2D eigenvalue weighted by molar-refractivity contribution is 5.85. The van der Waals surface area contributed by atoms with Crippen molar-refractivity contribution < 1.29 is 19.4 Å². The van der Waals surface area contributed by atoms with E-state index in [2.05, 4.69) is 10.4 Å². The number of rotatable bonds is 5. The van der Waals surface area contributed by atoms with Crippen molar-refractivity contribution >= 4 is 11.9 Å². The molecule has 0 aliphatic carbocycles. The van der Waals surface area contributed by atoms with E-state index in [0.717, 1.165) is 22.6 Å². The normalized spacial score (nSPS) is 20.7. The minimum atomic E-state index is -1.06. The number of aryl methyl sites for hydroxylation is 1. The van der Waals surface area contributed by atoms with Gasteiger partial charge in [-0.15, -0.1) is 0 Å². The molecule has 26 heavy (non-hydrogen) atoms. The summed E-state index contributed by atoms with van der Waals surface area (Å²) in [7, 11) is 0. The molecule has 3 rings (SSSR count). The number of nitrogens with one attached hydrogen (secondary N) is 1. The first-order valence-electron chi connectivity index (χ1n) is 8.66. The van der Waals surface area contributed by atoms with E-state index in [-0.39, 0.29) is 5.91 Å². The number of carboxylic acid groups (broad SMARTS) is 1. The van der Waals surface area contributed by atoms with Crippen molar-refractivity contribution in [2.45, 2.75) is 39.3 Å². The summed E-state index contributed by atoms with van der Waals surface area (Å²) in [5.74, 6) is -1.78. The van der Waals surface area contributed by atoms with Crippen LogP contribution in [0.5, 0.6) is 0 Å². The monoisotopic (exact) mass is 357 g/mol. The van der Waals surface area contributed by atoms with Crippen LogP contribution in [0.25, 0.3) is 5.69 Å². The predicted octanol–water partition coefficient (Wildman–Crippen LogP) is 2.16. The van der Waals surface area contributed by atoms with Gasteiger partial charge in [-0.05, 0) is 39.3 Å². The maximum absolute atomic E-state index is 12.6. The van der Waals surface area contributed by atoms with Gasteiger partial charge in [0.05, 0.1) is 23.4 Å². The number of benzene rings is 1. The lowest BCUT2D eigenvalue weighted by Crippen LogP contribution is -2.42. The van der Waals surface area contributed by atoms with Gasteiger partial charge in [0.15, 0.2) is 0 Å². The summed E-state index contributed by atoms with van der Waals surface area (Å²) in [4.78, 5) is 23.6. The Balaban J connectivity index is 1.89. The first kappa shape index (κ1) is 18.1. The van der Waals surface area contributed by atoms with Crippen molar-refractivity contribution in [3.63, 3.8) is 0 Å². The molecule has 1 aliphatic heterocycles. The van der Waals surface area contributed by atoms with Crippen LogP contribution in [0.15, 0.2) is 30.3 Å². The molecular formula is C19H23N3O4. The highest BCUT2D eigenvalue weighted by Gasteiger charge is 2.39. The van der Waals surface area contributed by atoms with E-state index in [1.807, 2.05) is 48.9 Å². The quantitative estimate of drug-likeness (QED) is 0.855. The zero-order valence-electron chi connectivity index (χ0n) is 15.1. The number of carbonyl (C=O) groups excluding carboxylic acids is 1. The van der Waals surface area contributed by atoms with Crippen LogP contribution in [0.1, 0.15) is 36.4 Å². The van der Waals surface area contributed by atoms with Gasteiger partial charge in [0, 0.05) is 17.9 Å². The van der Waals surface area contributed by atoms with Crippen LogP contribution >= 0.6 is 0 Å². The van der Waals surface area contributed by atoms with Gasteiger partial charge in [-0.2, -0.15) is 5.10 Å². The summed E-state index contributed by atoms with van der Waals surface area (Å²) in [5.41, 5.74) is 3.57. The zero-order chi connectivity index (χ0) is 18.8. The molecule has 1 aromatic heterocycles. The van der Waals surface area contributed by atoms with Crippen LogP contribution in [0.3, 0.4) is 0 Å². The summed E-state index contributed by atoms with van der Waals surface area (Å²) in [6.07, 6.45) is 0.131. The lowest BCUT2D eigenvalue weighted by Gasteiger charge is -2.20. The molecule has 0 bridgehead atoms. The van der Waals surface area contributed by atoms with Crippen molar-refractivity contribution in [2.75, 3.05) is 6.61 Å². The summed E-state index contributed by atoms with van der Waals surface area (Å²) >= 11 is 0. The molecule has 0 spiro atoms. The van der Waals surface area contributed by atoms with E-state index in [1.54, 1.807) is 0 Å². The second-order valence-electron chi connectivity index (χ2n) is 6.59. The number of nitrogens with zero attached hydrogens (tertiary/aromatic N) is 2. The Morgan fingerprint density at radius 1 is 1.31 bits per heavy atom. The second-order valence-corrected chi connectivity index (χ2v) is 6.59. The number of hydrogen-bond donors (Lipinski definition) is 2. The Kier molecular flexibility index (Phi) is 5.08. The highest BCUT2D eigenvalue weighted by Crippen LogP contribution is 2.38. The van der Waals surface area contributed by atoms with Gasteiger partial charge in [-0.3, -0.25) is 9.59 Å². The first-order valence-corrected chi connectivity index (χ1v) is 8.66. The topological polar surface area (TPSA) is 93.5 Å². The summed E-state index contributed by atoms with van der Waals surface area (Å²) in [6, 6.07) is 8.84. The summed E-state index contributed by atoms with van der Waals surface area (Å²) in [5, 5.41) is 16.2. The Labute approximate surface area is 152 Å². The van der Waals surface area contributed by atoms with Gasteiger partial charge in [-0.25, -0.2) is 4.68 Å². The Bertz CT molecular complexity index is 816. The molecule has 7 nitrogen and oxygen atoms in total. The van der Waals surface area contributed by atoms with E-state index in [1.165, 1.54) is 6.92 Å². The van der Waals surface area contributed by atoms with Crippen molar-refractivity contribution in [2.24, 2.45) is 5.92 Å². The third-order valence-electron chi connectivity index (χ3n) is 4.79. The average Bonchev–Trinajstić information content (AvgIpc) is 3.19. The third-order valence-corrected chi connectivity index (χ3v) is 4.79. The van der Waals surface area contributed by atoms with Gasteiger partial charge in [0.25, 0.3) is 0 Å². The Morgan fingerprint density at radius 3 is 2.65 bits per heavy atom. The lowest BCUT2D eigenvalue weighted by molar-refractivity contribution is -0.142. The molecular weight excluding hydrogens is 334 g/mol. The molecule has 0 saturated carbocycles. The first-order chi connectivity index (χ1) is 12.4. The summed E-state index contributed by atoms with van der Waals surface area (Å²) in [6.45, 7) is 5.77. The molecule has 138 valence electrons. The molecule has 1 aliphatic rings. The van der Waals surface area contributed by atoms with Gasteiger partial charge in [0.1, 0.15) is 6.04 Å². The van der Waals surface area contributed by atoms with Crippen LogP contribution in [0.2, 0.25) is 0 Å². The van der Waals surface area contributed by atoms with Crippen molar-refractivity contribution in [3.05, 3.63) is 47.3 Å². The Morgan fingerprint density at radius 2 is 2.00 bits per heavy atom. The lowest BCUT2D eigenvalue weighted by atomic mass is 9.93. The van der Waals surface area contributed by atoms with Crippen LogP contribution in [0.4, 0.5) is 0 Å². The number of para-hydroxylation sites is 1. The molecule has 2 heterocycles. The van der Waals surface area contributed by atoms with Crippen LogP contribution in [0, 0.1) is 19.8 Å². The zero-order valence-corrected chi connectivity index (χ0v) is 15.1. The average molecular weight is 357 g/mol. The SMILES string of the molecule is Cc1nn(-c2ccccc2)c(C)c1[C@H]1OCC[C@@H]1C(=O)N[C@@H](C)C(=O)O. The molecule has 2 aromatic rings. The number of aromatic nitrogens is 2. The number of aliphatic carboxylic acids is 1. The molecule has 0 unspecified atom stereocenters. The van der Waals surface area contributed by atoms with E-state index in [9.17, 15) is 9.59 Å². The second kappa shape index (κ2) is 7.29. The fourth-order valence-corrected chi connectivity index (χ4v) is 3.41. The fraction of sp³-hybridized carbons (Fsp3) is 0.421. The maximum atomic E-state index is 12.6. The van der Waals surface area contributed by atoms with E-state index in [4.69, 9.17) is 9.84 Å². The standard InChI is InChI=1S/C19H23N3O4/c1-11-16(13(3)22(21-11)14-7-5-4-6-8-14)17-15(9-10-26-17)18(23)20-12(2)19(24)25/h4-8,12,15,17H,9-10H2,1-3H3,(H,20,23)(H,24,25)/t12-,15-,17-/m0/s1. The summed E-state index contributed by atoms with van der Waals surface area (Å²) < 4.78 is 7.71. The molecule has 3 atom stereocenters. The van der Waals surface area contributed by atoms with Gasteiger partial charge in [-0.1, -0.05) is 18.2 Å². The smallest absolute Gasteiger partial charge is 0.325 e. The molecule has 0 radical (unpaired) electrons. The van der Waals surface area contributed by atoms with E-state index in [0.29, 0.717) is 13.0 Å². The van der Waals surface area contributed by atoms with Gasteiger partial charge < -0.3 is 15.2 Å².